The van der Waals surface area contributed by atoms with Crippen LogP contribution in [0.4, 0.5) is 0 Å². The molecule has 2 heterocycles. The van der Waals surface area contributed by atoms with Gasteiger partial charge in [-0.3, -0.25) is 0 Å². The van der Waals surface area contributed by atoms with Crippen molar-refractivity contribution in [3.63, 3.8) is 0 Å². The molecule has 0 aromatic rings. The van der Waals surface area contributed by atoms with Crippen LogP contribution in [-0.4, -0.2) is 82.3 Å². The normalized spacial score (nSPS) is 36.0. The van der Waals surface area contributed by atoms with Gasteiger partial charge >= 0.3 is 5.97 Å². The van der Waals surface area contributed by atoms with Crippen LogP contribution in [0.2, 0.25) is 0 Å². The van der Waals surface area contributed by atoms with Crippen LogP contribution in [0.5, 0.6) is 0 Å². The summed E-state index contributed by atoms with van der Waals surface area (Å²) in [6, 6.07) is 0. The van der Waals surface area contributed by atoms with E-state index in [9.17, 15) is 25.2 Å². The van der Waals surface area contributed by atoms with Crippen molar-refractivity contribution in [1.29, 1.82) is 0 Å². The van der Waals surface area contributed by atoms with Gasteiger partial charge in [0.15, 0.2) is 0 Å². The maximum absolute atomic E-state index is 13.0. The lowest BCUT2D eigenvalue weighted by atomic mass is 9.85. The molecular weight excluding hydrogens is 524 g/mol. The Bertz CT molecular complexity index is 940. The van der Waals surface area contributed by atoms with Crippen LogP contribution in [0.25, 0.3) is 0 Å². The van der Waals surface area contributed by atoms with Crippen LogP contribution in [0.3, 0.4) is 0 Å². The smallest absolute Gasteiger partial charge is 0.334 e. The average Bonchev–Trinajstić information content (AvgIpc) is 3.74. The topological polar surface area (TPSA) is 129 Å². The maximum Gasteiger partial charge on any atom is 0.334 e. The second-order valence-electron chi connectivity index (χ2n) is 12.2. The van der Waals surface area contributed by atoms with Gasteiger partial charge in [0.05, 0.1) is 30.5 Å². The minimum Gasteiger partial charge on any atom is -0.458 e. The van der Waals surface area contributed by atoms with E-state index in [0.29, 0.717) is 31.3 Å². The molecule has 2 rings (SSSR count). The Morgan fingerprint density at radius 2 is 1.63 bits per heavy atom. The summed E-state index contributed by atoms with van der Waals surface area (Å²) in [5.74, 6) is -1.01. The van der Waals surface area contributed by atoms with E-state index in [1.165, 1.54) is 0 Å². The number of ether oxygens (including phenoxy) is 3. The van der Waals surface area contributed by atoms with E-state index in [4.69, 9.17) is 14.2 Å². The van der Waals surface area contributed by atoms with Crippen LogP contribution in [0, 0.1) is 23.7 Å². The number of methoxy groups -OCH3 is 1. The summed E-state index contributed by atoms with van der Waals surface area (Å²) >= 11 is 0. The molecule has 234 valence electrons. The monoisotopic (exact) mass is 578 g/mol. The van der Waals surface area contributed by atoms with Crippen molar-refractivity contribution in [2.75, 3.05) is 7.11 Å². The predicted molar refractivity (Wildman–Crippen MR) is 160 cm³/mol. The molecule has 0 aromatic heterocycles. The van der Waals surface area contributed by atoms with Gasteiger partial charge in [0.1, 0.15) is 18.3 Å². The molecule has 0 amide bonds. The van der Waals surface area contributed by atoms with Crippen molar-refractivity contribution < 1.29 is 39.4 Å². The highest BCUT2D eigenvalue weighted by molar-refractivity contribution is 5.88. The molecule has 41 heavy (non-hydrogen) atoms. The molecule has 0 aromatic carbocycles. The average molecular weight is 579 g/mol. The zero-order valence-corrected chi connectivity index (χ0v) is 26.1. The number of fused-ring (bicyclic) bond motifs is 1. The van der Waals surface area contributed by atoms with Gasteiger partial charge in [-0.25, -0.2) is 4.79 Å². The van der Waals surface area contributed by atoms with Gasteiger partial charge in [-0.2, -0.15) is 0 Å². The highest BCUT2D eigenvalue weighted by atomic mass is 16.6. The minimum absolute atomic E-state index is 0.00198. The van der Waals surface area contributed by atoms with E-state index in [-0.39, 0.29) is 42.0 Å². The molecule has 1 fully saturated rings. The molecule has 0 bridgehead atoms. The Hall–Kier alpha value is -1.81. The van der Waals surface area contributed by atoms with E-state index < -0.39 is 36.5 Å². The lowest BCUT2D eigenvalue weighted by Gasteiger charge is -2.31. The van der Waals surface area contributed by atoms with Crippen molar-refractivity contribution in [2.45, 2.75) is 123 Å². The third-order valence-corrected chi connectivity index (χ3v) is 8.76. The summed E-state index contributed by atoms with van der Waals surface area (Å²) in [6.45, 7) is 13.2. The number of aliphatic hydroxyl groups excluding tert-OH is 4. The van der Waals surface area contributed by atoms with E-state index in [1.54, 1.807) is 20.1 Å². The summed E-state index contributed by atoms with van der Waals surface area (Å²) in [4.78, 5) is 13.0. The quantitative estimate of drug-likeness (QED) is 0.172. The molecule has 2 aliphatic rings. The highest BCUT2D eigenvalue weighted by Crippen LogP contribution is 2.34. The number of aliphatic hydroxyl groups is 4. The molecule has 8 nitrogen and oxygen atoms in total. The van der Waals surface area contributed by atoms with Gasteiger partial charge in [-0.15, -0.1) is 0 Å². The first-order valence-corrected chi connectivity index (χ1v) is 15.1. The van der Waals surface area contributed by atoms with Crippen molar-refractivity contribution in [3.8, 4) is 0 Å². The van der Waals surface area contributed by atoms with Gasteiger partial charge in [0, 0.05) is 36.9 Å². The van der Waals surface area contributed by atoms with Crippen LogP contribution < -0.4 is 0 Å². The first-order valence-electron chi connectivity index (χ1n) is 15.1. The zero-order chi connectivity index (χ0) is 30.9. The number of esters is 1. The first kappa shape index (κ1) is 35.4. The summed E-state index contributed by atoms with van der Waals surface area (Å²) in [6.07, 6.45) is 9.17. The Balaban J connectivity index is 2.06. The van der Waals surface area contributed by atoms with E-state index in [1.807, 2.05) is 71.9 Å². The Kier molecular flexibility index (Phi) is 14.4. The Labute approximate surface area is 246 Å². The fourth-order valence-electron chi connectivity index (χ4n) is 5.32. The number of epoxide rings is 1. The molecule has 0 spiro atoms. The molecule has 0 radical (unpaired) electrons. The van der Waals surface area contributed by atoms with Crippen molar-refractivity contribution >= 4 is 5.97 Å². The molecule has 8 heteroatoms. The standard InChI is InChI=1S/C33H54O8/c1-19-17-21(3)29(36)32-31(41-32)27(35)15-11-12-16-28(40-33(38)22(4)18-19)20(2)13-9-10-14-26(34)24(6)30(37)23(5)25(7)39-8/h9-12,17-18,20-21,23-32,34-37H,13-16H2,1-8H3/b10-9+,12-11+,19-17+,22-18+/t20-,21+,23+,24+,25-,26-,27+,28-,29-,30-,31-,32+/m0/s1. The number of allylic oxidation sites excluding steroid dienone is 3. The summed E-state index contributed by atoms with van der Waals surface area (Å²) < 4.78 is 16.9. The van der Waals surface area contributed by atoms with E-state index in [2.05, 4.69) is 0 Å². The van der Waals surface area contributed by atoms with Gasteiger partial charge in [0.25, 0.3) is 0 Å². The lowest BCUT2D eigenvalue weighted by molar-refractivity contribution is -0.146. The second-order valence-corrected chi connectivity index (χ2v) is 12.2. The van der Waals surface area contributed by atoms with Crippen molar-refractivity contribution in [2.24, 2.45) is 23.7 Å². The molecule has 1 saturated heterocycles. The number of hydrogen-bond acceptors (Lipinski definition) is 8. The van der Waals surface area contributed by atoms with E-state index in [0.717, 1.165) is 5.57 Å². The molecule has 0 saturated carbocycles. The van der Waals surface area contributed by atoms with E-state index >= 15 is 0 Å². The van der Waals surface area contributed by atoms with Crippen LogP contribution in [0.1, 0.15) is 74.1 Å². The predicted octanol–water partition coefficient (Wildman–Crippen LogP) is 4.27. The summed E-state index contributed by atoms with van der Waals surface area (Å²) in [5, 5.41) is 42.4. The molecular formula is C33H54O8. The Morgan fingerprint density at radius 3 is 2.29 bits per heavy atom. The number of rotatable bonds is 10. The largest absolute Gasteiger partial charge is 0.458 e. The highest BCUT2D eigenvalue weighted by Gasteiger charge is 2.49. The van der Waals surface area contributed by atoms with Crippen molar-refractivity contribution in [1.82, 2.24) is 0 Å². The molecule has 4 N–H and O–H groups in total. The van der Waals surface area contributed by atoms with Crippen LogP contribution in [0.15, 0.2) is 47.6 Å². The third kappa shape index (κ3) is 10.8. The third-order valence-electron chi connectivity index (χ3n) is 8.76. The molecule has 0 unspecified atom stereocenters. The number of hydrogen-bond donors (Lipinski definition) is 4. The first-order chi connectivity index (χ1) is 19.3. The second kappa shape index (κ2) is 16.7. The fraction of sp³-hybridized carbons (Fsp3) is 0.727. The van der Waals surface area contributed by atoms with Gasteiger partial charge in [0.2, 0.25) is 0 Å². The van der Waals surface area contributed by atoms with Gasteiger partial charge in [-0.1, -0.05) is 63.6 Å². The zero-order valence-electron chi connectivity index (χ0n) is 26.1. The lowest BCUT2D eigenvalue weighted by Crippen LogP contribution is -2.38. The number of carbonyl (C=O) groups is 1. The Morgan fingerprint density at radius 1 is 1.00 bits per heavy atom. The molecule has 12 atom stereocenters. The van der Waals surface area contributed by atoms with Crippen LogP contribution in [-0.2, 0) is 19.0 Å². The summed E-state index contributed by atoms with van der Waals surface area (Å²) in [7, 11) is 1.61. The molecule has 2 aliphatic heterocycles. The van der Waals surface area contributed by atoms with Gasteiger partial charge in [-0.05, 0) is 52.0 Å². The SMILES string of the molecule is CO[C@@H](C)[C@@H](C)[C@H](O)[C@H](C)[C@@H](O)C/C=C/C[C@H](C)[C@@H]1C/C=C/C[C@@H](O)[C@@H]2O[C@@H]2[C@@H](O)[C@H](C)/C=C(C)/C=C(\C)C(=O)O1. The fourth-order valence-corrected chi connectivity index (χ4v) is 5.32. The summed E-state index contributed by atoms with van der Waals surface area (Å²) in [5.41, 5.74) is 1.32. The number of cyclic esters (lactones) is 1. The molecule has 0 aliphatic carbocycles. The van der Waals surface area contributed by atoms with Gasteiger partial charge < -0.3 is 34.6 Å². The van der Waals surface area contributed by atoms with Crippen LogP contribution >= 0.6 is 0 Å². The maximum atomic E-state index is 13.0. The minimum atomic E-state index is -0.738. The van der Waals surface area contributed by atoms with Crippen molar-refractivity contribution in [3.05, 3.63) is 47.6 Å². The number of carbonyl (C=O) groups excluding carboxylic acids is 1.